The zero-order valence-corrected chi connectivity index (χ0v) is 11.1. The maximum Gasteiger partial charge on any atom is 0.263 e. The van der Waals surface area contributed by atoms with Crippen LogP contribution in [0.3, 0.4) is 0 Å². The third-order valence-corrected chi connectivity index (χ3v) is 3.91. The first-order valence-corrected chi connectivity index (χ1v) is 6.74. The fourth-order valence-corrected chi connectivity index (χ4v) is 2.82. The number of nitrogens with one attached hydrogen (secondary N) is 1. The molecule has 0 atom stereocenters. The Morgan fingerprint density at radius 2 is 2.00 bits per heavy atom. The molecule has 19 heavy (non-hydrogen) atoms. The number of thiophene rings is 1. The van der Waals surface area contributed by atoms with E-state index in [2.05, 4.69) is 5.32 Å². The monoisotopic (exact) mass is 277 g/mol. The zero-order chi connectivity index (χ0) is 13.8. The molecule has 1 aromatic heterocycles. The van der Waals surface area contributed by atoms with Gasteiger partial charge in [0.2, 0.25) is 5.91 Å². The highest BCUT2D eigenvalue weighted by Crippen LogP contribution is 2.33. The molecule has 2 rings (SSSR count). The molecule has 5 N–H and O–H groups in total. The highest BCUT2D eigenvalue weighted by Gasteiger charge is 2.15. The Morgan fingerprint density at radius 1 is 1.26 bits per heavy atom. The topological polar surface area (TPSA) is 98.2 Å². The number of hydrogen-bond donors (Lipinski definition) is 3. The van der Waals surface area contributed by atoms with Crippen molar-refractivity contribution in [3.05, 3.63) is 29.1 Å². The molecule has 0 saturated carbocycles. The van der Waals surface area contributed by atoms with E-state index in [1.165, 1.54) is 11.3 Å². The molecule has 0 radical (unpaired) electrons. The Balaban J connectivity index is 2.05. The zero-order valence-electron chi connectivity index (χ0n) is 10.3. The van der Waals surface area contributed by atoms with Gasteiger partial charge in [0.1, 0.15) is 4.88 Å². The summed E-state index contributed by atoms with van der Waals surface area (Å²) in [5, 5.41) is 3.64. The van der Waals surface area contributed by atoms with Crippen LogP contribution in [0.5, 0.6) is 0 Å². The van der Waals surface area contributed by atoms with Crippen LogP contribution in [0.25, 0.3) is 10.1 Å². The van der Waals surface area contributed by atoms with Crippen molar-refractivity contribution >= 4 is 38.9 Å². The van der Waals surface area contributed by atoms with Crippen LogP contribution in [0.2, 0.25) is 0 Å². The van der Waals surface area contributed by atoms with E-state index in [0.29, 0.717) is 23.5 Å². The number of hydrogen-bond acceptors (Lipinski definition) is 4. The van der Waals surface area contributed by atoms with Crippen LogP contribution >= 0.6 is 11.3 Å². The van der Waals surface area contributed by atoms with Crippen LogP contribution in [0, 0.1) is 0 Å². The second-order valence-corrected chi connectivity index (χ2v) is 5.22. The summed E-state index contributed by atoms with van der Waals surface area (Å²) in [6.07, 6.45) is 0.800. The number of carbonyl (C=O) groups is 2. The molecule has 0 saturated heterocycles. The van der Waals surface area contributed by atoms with E-state index in [-0.39, 0.29) is 18.2 Å². The smallest absolute Gasteiger partial charge is 0.263 e. The summed E-state index contributed by atoms with van der Waals surface area (Å²) < 4.78 is 0.988. The molecule has 5 nitrogen and oxygen atoms in total. The van der Waals surface area contributed by atoms with Gasteiger partial charge in [-0.05, 0) is 12.5 Å². The van der Waals surface area contributed by atoms with Crippen molar-refractivity contribution in [2.45, 2.75) is 12.8 Å². The van der Waals surface area contributed by atoms with Crippen molar-refractivity contribution in [1.82, 2.24) is 5.32 Å². The van der Waals surface area contributed by atoms with E-state index in [9.17, 15) is 9.59 Å². The number of nitrogens with two attached hydrogens (primary N) is 2. The first kappa shape index (κ1) is 13.4. The molecule has 0 bridgehead atoms. The summed E-state index contributed by atoms with van der Waals surface area (Å²) in [4.78, 5) is 23.1. The van der Waals surface area contributed by atoms with Gasteiger partial charge in [-0.2, -0.15) is 0 Å². The van der Waals surface area contributed by atoms with Crippen LogP contribution in [-0.2, 0) is 4.79 Å². The van der Waals surface area contributed by atoms with E-state index in [1.807, 2.05) is 24.3 Å². The van der Waals surface area contributed by atoms with Gasteiger partial charge in [-0.25, -0.2) is 0 Å². The summed E-state index contributed by atoms with van der Waals surface area (Å²) in [7, 11) is 0. The van der Waals surface area contributed by atoms with E-state index < -0.39 is 0 Å². The van der Waals surface area contributed by atoms with Gasteiger partial charge < -0.3 is 16.8 Å². The van der Waals surface area contributed by atoms with Crippen LogP contribution < -0.4 is 16.8 Å². The molecule has 0 aliphatic rings. The van der Waals surface area contributed by atoms with E-state index in [0.717, 1.165) is 10.1 Å². The second kappa shape index (κ2) is 5.71. The largest absolute Gasteiger partial charge is 0.397 e. The quantitative estimate of drug-likeness (QED) is 0.722. The van der Waals surface area contributed by atoms with Gasteiger partial charge in [0.05, 0.1) is 5.69 Å². The molecular formula is C13H15N3O2S. The van der Waals surface area contributed by atoms with Crippen molar-refractivity contribution < 1.29 is 9.59 Å². The third kappa shape index (κ3) is 3.03. The minimum Gasteiger partial charge on any atom is -0.397 e. The molecule has 0 spiro atoms. The number of fused-ring (bicyclic) bond motifs is 1. The van der Waals surface area contributed by atoms with Crippen LogP contribution in [0.1, 0.15) is 22.5 Å². The molecule has 0 aliphatic carbocycles. The normalized spacial score (nSPS) is 10.5. The number of rotatable bonds is 5. The second-order valence-electron chi connectivity index (χ2n) is 4.17. The lowest BCUT2D eigenvalue weighted by Gasteiger charge is -2.03. The molecule has 2 aromatic rings. The highest BCUT2D eigenvalue weighted by molar-refractivity contribution is 7.21. The molecule has 1 heterocycles. The maximum absolute atomic E-state index is 12.0. The Hall–Kier alpha value is -2.08. The number of benzene rings is 1. The molecule has 100 valence electrons. The summed E-state index contributed by atoms with van der Waals surface area (Å²) in [6, 6.07) is 7.62. The van der Waals surface area contributed by atoms with Gasteiger partial charge in [-0.3, -0.25) is 9.59 Å². The Morgan fingerprint density at radius 3 is 2.68 bits per heavy atom. The summed E-state index contributed by atoms with van der Waals surface area (Å²) in [5.41, 5.74) is 11.5. The minimum absolute atomic E-state index is 0.205. The van der Waals surface area contributed by atoms with Gasteiger partial charge in [-0.15, -0.1) is 11.3 Å². The van der Waals surface area contributed by atoms with Crippen LogP contribution in [0.4, 0.5) is 5.69 Å². The van der Waals surface area contributed by atoms with Gasteiger partial charge in [-0.1, -0.05) is 18.2 Å². The fraction of sp³-hybridized carbons (Fsp3) is 0.231. The molecule has 1 aromatic carbocycles. The fourth-order valence-electron chi connectivity index (χ4n) is 1.78. The highest BCUT2D eigenvalue weighted by atomic mass is 32.1. The lowest BCUT2D eigenvalue weighted by atomic mass is 10.2. The predicted octanol–water partition coefficient (Wildman–Crippen LogP) is 1.48. The average molecular weight is 277 g/mol. The maximum atomic E-state index is 12.0. The van der Waals surface area contributed by atoms with Gasteiger partial charge in [0.15, 0.2) is 0 Å². The summed E-state index contributed by atoms with van der Waals surface area (Å²) in [6.45, 7) is 0.412. The Labute approximate surface area is 114 Å². The lowest BCUT2D eigenvalue weighted by molar-refractivity contribution is -0.118. The molecule has 2 amide bonds. The van der Waals surface area contributed by atoms with Gasteiger partial charge in [0, 0.05) is 23.1 Å². The van der Waals surface area contributed by atoms with Gasteiger partial charge in [0.25, 0.3) is 5.91 Å². The number of primary amides is 1. The number of nitrogen functional groups attached to an aromatic ring is 1. The number of amides is 2. The van der Waals surface area contributed by atoms with Crippen LogP contribution in [-0.4, -0.2) is 18.4 Å². The van der Waals surface area contributed by atoms with Crippen LogP contribution in [0.15, 0.2) is 24.3 Å². The van der Waals surface area contributed by atoms with Crippen molar-refractivity contribution in [3.8, 4) is 0 Å². The van der Waals surface area contributed by atoms with E-state index in [1.54, 1.807) is 0 Å². The summed E-state index contributed by atoms with van der Waals surface area (Å²) >= 11 is 1.37. The Bertz CT molecular complexity index is 621. The molecule has 0 aliphatic heterocycles. The van der Waals surface area contributed by atoms with Crippen molar-refractivity contribution in [3.63, 3.8) is 0 Å². The molecule has 0 fully saturated rings. The molecular weight excluding hydrogens is 262 g/mol. The van der Waals surface area contributed by atoms with Crippen molar-refractivity contribution in [1.29, 1.82) is 0 Å². The molecule has 6 heteroatoms. The minimum atomic E-state index is -0.365. The first-order valence-electron chi connectivity index (χ1n) is 5.93. The predicted molar refractivity (Wildman–Crippen MR) is 77.0 cm³/mol. The SMILES string of the molecule is NC(=O)CCCNC(=O)c1sc2ccccc2c1N. The van der Waals surface area contributed by atoms with E-state index >= 15 is 0 Å². The van der Waals surface area contributed by atoms with Gasteiger partial charge >= 0.3 is 0 Å². The van der Waals surface area contributed by atoms with Crippen molar-refractivity contribution in [2.24, 2.45) is 5.73 Å². The number of anilines is 1. The standard InChI is InChI=1S/C13H15N3O2S/c14-10(17)6-3-7-16-13(18)12-11(15)8-4-1-2-5-9(8)19-12/h1-2,4-5H,3,6-7,15H2,(H2,14,17)(H,16,18). The first-order chi connectivity index (χ1) is 9.09. The van der Waals surface area contributed by atoms with Crippen molar-refractivity contribution in [2.75, 3.05) is 12.3 Å². The summed E-state index contributed by atoms with van der Waals surface area (Å²) in [5.74, 6) is -0.571. The third-order valence-electron chi connectivity index (χ3n) is 2.73. The molecule has 0 unspecified atom stereocenters. The number of carbonyl (C=O) groups excluding carboxylic acids is 2. The Kier molecular flexibility index (Phi) is 4.01. The average Bonchev–Trinajstić information content (AvgIpc) is 2.72. The van der Waals surface area contributed by atoms with E-state index in [4.69, 9.17) is 11.5 Å². The lowest BCUT2D eigenvalue weighted by Crippen LogP contribution is -2.25.